The molecular weight excluding hydrogens is 357 g/mol. The van der Waals surface area contributed by atoms with Gasteiger partial charge in [0, 0.05) is 38.3 Å². The molecule has 1 fully saturated rings. The van der Waals surface area contributed by atoms with Gasteiger partial charge in [0.2, 0.25) is 11.8 Å². The topological polar surface area (TPSA) is 52.7 Å². The van der Waals surface area contributed by atoms with Crippen LogP contribution in [-0.2, 0) is 9.59 Å². The summed E-state index contributed by atoms with van der Waals surface area (Å²) in [6.45, 7) is 4.93. The van der Waals surface area contributed by atoms with Crippen molar-refractivity contribution < 1.29 is 14.0 Å². The molecule has 0 unspecified atom stereocenters. The highest BCUT2D eigenvalue weighted by atomic mass is 19.1. The van der Waals surface area contributed by atoms with Gasteiger partial charge in [-0.05, 0) is 35.7 Å². The van der Waals surface area contributed by atoms with Gasteiger partial charge in [-0.2, -0.15) is 0 Å². The van der Waals surface area contributed by atoms with Crippen LogP contribution >= 0.6 is 0 Å². The minimum absolute atomic E-state index is 0.135. The molecule has 2 aromatic rings. The Morgan fingerprint density at radius 2 is 1.64 bits per heavy atom. The molecule has 28 heavy (non-hydrogen) atoms. The van der Waals surface area contributed by atoms with Gasteiger partial charge in [0.15, 0.2) is 0 Å². The first kappa shape index (κ1) is 20.0. The second-order valence-electron chi connectivity index (χ2n) is 7.23. The molecule has 0 radical (unpaired) electrons. The summed E-state index contributed by atoms with van der Waals surface area (Å²) >= 11 is 0. The number of benzene rings is 2. The predicted molar refractivity (Wildman–Crippen MR) is 108 cm³/mol. The number of amides is 2. The minimum atomic E-state index is -0.333. The summed E-state index contributed by atoms with van der Waals surface area (Å²) in [6.07, 6.45) is 0.495. The van der Waals surface area contributed by atoms with E-state index in [9.17, 15) is 14.0 Å². The van der Waals surface area contributed by atoms with E-state index in [0.717, 1.165) is 0 Å². The van der Waals surface area contributed by atoms with Crippen LogP contribution in [0.3, 0.4) is 0 Å². The molecule has 5 nitrogen and oxygen atoms in total. The highest BCUT2D eigenvalue weighted by Crippen LogP contribution is 2.20. The molecule has 0 spiro atoms. The molecule has 1 saturated heterocycles. The van der Waals surface area contributed by atoms with Crippen molar-refractivity contribution in [3.63, 3.8) is 0 Å². The van der Waals surface area contributed by atoms with Gasteiger partial charge in [0.1, 0.15) is 5.82 Å². The number of hydrogen-bond acceptors (Lipinski definition) is 3. The van der Waals surface area contributed by atoms with Crippen molar-refractivity contribution in [3.05, 3.63) is 66.0 Å². The number of nitrogens with one attached hydrogen (secondary N) is 1. The van der Waals surface area contributed by atoms with E-state index in [0.29, 0.717) is 38.3 Å². The Balaban J connectivity index is 1.41. The van der Waals surface area contributed by atoms with Crippen molar-refractivity contribution in [1.29, 1.82) is 0 Å². The molecule has 1 N–H and O–H groups in total. The van der Waals surface area contributed by atoms with E-state index in [1.165, 1.54) is 29.8 Å². The Labute approximate surface area is 165 Å². The lowest BCUT2D eigenvalue weighted by atomic mass is 9.97. The Kier molecular flexibility index (Phi) is 6.76. The monoisotopic (exact) mass is 383 g/mol. The van der Waals surface area contributed by atoms with Crippen LogP contribution < -0.4 is 5.32 Å². The summed E-state index contributed by atoms with van der Waals surface area (Å²) in [6, 6.07) is 15.8. The van der Waals surface area contributed by atoms with Crippen molar-refractivity contribution in [2.75, 3.05) is 38.0 Å². The molecule has 0 aliphatic carbocycles. The van der Waals surface area contributed by atoms with E-state index in [1.54, 1.807) is 0 Å². The number of hydrogen-bond donors (Lipinski definition) is 1. The fraction of sp³-hybridized carbons (Fsp3) is 0.364. The largest absolute Gasteiger partial charge is 0.340 e. The third-order valence-electron chi connectivity index (χ3n) is 5.07. The lowest BCUT2D eigenvalue weighted by molar-refractivity contribution is -0.133. The van der Waals surface area contributed by atoms with Crippen LogP contribution in [0.1, 0.15) is 24.8 Å². The first-order valence-electron chi connectivity index (χ1n) is 9.62. The van der Waals surface area contributed by atoms with E-state index in [2.05, 4.69) is 24.4 Å². The van der Waals surface area contributed by atoms with Crippen LogP contribution in [0.5, 0.6) is 0 Å². The molecule has 0 aromatic heterocycles. The second kappa shape index (κ2) is 9.46. The molecule has 2 amide bonds. The first-order chi connectivity index (χ1) is 13.5. The summed E-state index contributed by atoms with van der Waals surface area (Å²) in [7, 11) is 0. The highest BCUT2D eigenvalue weighted by molar-refractivity contribution is 5.92. The van der Waals surface area contributed by atoms with Crippen molar-refractivity contribution in [2.24, 2.45) is 0 Å². The summed E-state index contributed by atoms with van der Waals surface area (Å²) in [4.78, 5) is 28.6. The van der Waals surface area contributed by atoms with Crippen LogP contribution in [0, 0.1) is 5.82 Å². The number of nitrogens with zero attached hydrogens (tertiary/aromatic N) is 2. The van der Waals surface area contributed by atoms with Crippen LogP contribution in [-0.4, -0.2) is 54.3 Å². The third-order valence-corrected chi connectivity index (χ3v) is 5.07. The lowest BCUT2D eigenvalue weighted by Crippen LogP contribution is -2.50. The van der Waals surface area contributed by atoms with Gasteiger partial charge in [-0.1, -0.05) is 37.3 Å². The molecule has 148 valence electrons. The first-order valence-corrected chi connectivity index (χ1v) is 9.62. The number of piperazine rings is 1. The van der Waals surface area contributed by atoms with Gasteiger partial charge in [-0.3, -0.25) is 14.5 Å². The number of anilines is 1. The Bertz CT molecular complexity index is 787. The van der Waals surface area contributed by atoms with E-state index in [-0.39, 0.29) is 30.1 Å². The van der Waals surface area contributed by atoms with Crippen LogP contribution in [0.2, 0.25) is 0 Å². The molecule has 1 aliphatic rings. The quantitative estimate of drug-likeness (QED) is 0.834. The highest BCUT2D eigenvalue weighted by Gasteiger charge is 2.23. The molecule has 2 aromatic carbocycles. The lowest BCUT2D eigenvalue weighted by Gasteiger charge is -2.34. The summed E-state index contributed by atoms with van der Waals surface area (Å²) < 4.78 is 12.9. The molecule has 1 aliphatic heterocycles. The summed E-state index contributed by atoms with van der Waals surface area (Å²) in [5, 5.41) is 2.77. The SMILES string of the molecule is C[C@@H](CC(=O)N1CCN(CC(=O)Nc2ccc(F)cc2)CC1)c1ccccc1. The molecule has 1 atom stereocenters. The average molecular weight is 383 g/mol. The maximum absolute atomic E-state index is 12.9. The molecular formula is C22H26FN3O2. The molecule has 0 bridgehead atoms. The fourth-order valence-electron chi connectivity index (χ4n) is 3.38. The van der Waals surface area contributed by atoms with Gasteiger partial charge < -0.3 is 10.2 Å². The zero-order valence-electron chi connectivity index (χ0n) is 16.1. The maximum atomic E-state index is 12.9. The minimum Gasteiger partial charge on any atom is -0.340 e. The van der Waals surface area contributed by atoms with E-state index in [1.807, 2.05) is 28.0 Å². The van der Waals surface area contributed by atoms with Gasteiger partial charge in [0.05, 0.1) is 6.54 Å². The second-order valence-corrected chi connectivity index (χ2v) is 7.23. The number of carbonyl (C=O) groups excluding carboxylic acids is 2. The van der Waals surface area contributed by atoms with E-state index >= 15 is 0 Å². The number of rotatable bonds is 6. The van der Waals surface area contributed by atoms with E-state index in [4.69, 9.17) is 0 Å². The summed E-state index contributed by atoms with van der Waals surface area (Å²) in [5.74, 6) is -0.121. The molecule has 1 heterocycles. The van der Waals surface area contributed by atoms with Gasteiger partial charge in [0.25, 0.3) is 0 Å². The fourth-order valence-corrected chi connectivity index (χ4v) is 3.38. The Morgan fingerprint density at radius 3 is 2.29 bits per heavy atom. The van der Waals surface area contributed by atoms with Crippen molar-refractivity contribution in [2.45, 2.75) is 19.3 Å². The third kappa shape index (κ3) is 5.63. The van der Waals surface area contributed by atoms with E-state index < -0.39 is 0 Å². The molecule has 0 saturated carbocycles. The van der Waals surface area contributed by atoms with Crippen molar-refractivity contribution in [3.8, 4) is 0 Å². The van der Waals surface area contributed by atoms with Crippen LogP contribution in [0.25, 0.3) is 0 Å². The smallest absolute Gasteiger partial charge is 0.238 e. The number of carbonyl (C=O) groups is 2. The predicted octanol–water partition coefficient (Wildman–Crippen LogP) is 3.10. The maximum Gasteiger partial charge on any atom is 0.238 e. The van der Waals surface area contributed by atoms with Crippen LogP contribution in [0.15, 0.2) is 54.6 Å². The van der Waals surface area contributed by atoms with Gasteiger partial charge in [-0.15, -0.1) is 0 Å². The number of halogens is 1. The standard InChI is InChI=1S/C22H26FN3O2/c1-17(18-5-3-2-4-6-18)15-22(28)26-13-11-25(12-14-26)16-21(27)24-20-9-7-19(23)8-10-20/h2-10,17H,11-16H2,1H3,(H,24,27)/t17-/m0/s1. The molecule has 3 rings (SSSR count). The van der Waals surface area contributed by atoms with Crippen LogP contribution in [0.4, 0.5) is 10.1 Å². The van der Waals surface area contributed by atoms with Gasteiger partial charge in [-0.25, -0.2) is 4.39 Å². The van der Waals surface area contributed by atoms with Crippen molar-refractivity contribution in [1.82, 2.24) is 9.80 Å². The Hall–Kier alpha value is -2.73. The average Bonchev–Trinajstić information content (AvgIpc) is 2.71. The summed E-state index contributed by atoms with van der Waals surface area (Å²) in [5.41, 5.74) is 1.75. The zero-order valence-corrected chi connectivity index (χ0v) is 16.1. The normalized spacial score (nSPS) is 15.9. The zero-order chi connectivity index (χ0) is 19.9. The molecule has 6 heteroatoms. The van der Waals surface area contributed by atoms with Crippen molar-refractivity contribution >= 4 is 17.5 Å². The Morgan fingerprint density at radius 1 is 1.00 bits per heavy atom. The van der Waals surface area contributed by atoms with Gasteiger partial charge >= 0.3 is 0 Å².